The molecule has 2 nitrogen and oxygen atoms in total. The maximum Gasteiger partial charge on any atom is 0.0337 e. The van der Waals surface area contributed by atoms with Crippen molar-refractivity contribution in [3.05, 3.63) is 64.7 Å². The van der Waals surface area contributed by atoms with Gasteiger partial charge in [0.1, 0.15) is 0 Å². The Morgan fingerprint density at radius 1 is 0.739 bits per heavy atom. The van der Waals surface area contributed by atoms with E-state index >= 15 is 0 Å². The van der Waals surface area contributed by atoms with Crippen LogP contribution in [0, 0.1) is 13.8 Å². The van der Waals surface area contributed by atoms with Gasteiger partial charge in [-0.2, -0.15) is 0 Å². The molecular weight excluding hydrogens is 280 g/mol. The van der Waals surface area contributed by atoms with E-state index in [1.165, 1.54) is 47.2 Å². The second-order valence-corrected chi connectivity index (χ2v) is 6.32. The van der Waals surface area contributed by atoms with Crippen molar-refractivity contribution in [3.8, 4) is 0 Å². The topological polar surface area (TPSA) is 24.1 Å². The summed E-state index contributed by atoms with van der Waals surface area (Å²) in [6, 6.07) is 15.5. The molecule has 0 unspecified atom stereocenters. The van der Waals surface area contributed by atoms with Crippen LogP contribution in [0.5, 0.6) is 0 Å². The minimum absolute atomic E-state index is 1.10. The van der Waals surface area contributed by atoms with E-state index in [-0.39, 0.29) is 0 Å². The van der Waals surface area contributed by atoms with Crippen molar-refractivity contribution >= 4 is 5.69 Å². The van der Waals surface area contributed by atoms with Crippen LogP contribution in [0.3, 0.4) is 0 Å². The van der Waals surface area contributed by atoms with Gasteiger partial charge in [-0.1, -0.05) is 30.3 Å². The molecule has 2 N–H and O–H groups in total. The van der Waals surface area contributed by atoms with Crippen LogP contribution < -0.4 is 10.6 Å². The average molecular weight is 310 g/mol. The lowest BCUT2D eigenvalue weighted by Gasteiger charge is -2.07. The lowest BCUT2D eigenvalue weighted by molar-refractivity contribution is 0.622. The van der Waals surface area contributed by atoms with Crippen LogP contribution in [0.4, 0.5) is 5.69 Å². The molecule has 0 aliphatic carbocycles. The number of rotatable bonds is 9. The van der Waals surface area contributed by atoms with Crippen LogP contribution in [0.25, 0.3) is 0 Å². The predicted octanol–water partition coefficient (Wildman–Crippen LogP) is 4.50. The number of hydrogen-bond donors (Lipinski definition) is 2. The van der Waals surface area contributed by atoms with Gasteiger partial charge in [-0.3, -0.25) is 0 Å². The molecule has 0 bridgehead atoms. The Hall–Kier alpha value is -1.80. The first kappa shape index (κ1) is 17.6. The average Bonchev–Trinajstić information content (AvgIpc) is 2.57. The largest absolute Gasteiger partial charge is 0.388 e. The summed E-state index contributed by atoms with van der Waals surface area (Å²) >= 11 is 0. The summed E-state index contributed by atoms with van der Waals surface area (Å²) in [6.07, 6.45) is 4.72. The molecule has 0 atom stereocenters. The first-order chi connectivity index (χ1) is 11.2. The van der Waals surface area contributed by atoms with Gasteiger partial charge in [-0.15, -0.1) is 0 Å². The smallest absolute Gasteiger partial charge is 0.0337 e. The summed E-state index contributed by atoms with van der Waals surface area (Å²) in [5.74, 6) is 0. The molecule has 2 rings (SSSR count). The molecule has 2 aromatic rings. The fraction of sp³-hybridized carbons (Fsp3) is 0.429. The second kappa shape index (κ2) is 9.36. The molecule has 0 saturated carbocycles. The zero-order valence-electron chi connectivity index (χ0n) is 14.8. The van der Waals surface area contributed by atoms with Crippen molar-refractivity contribution in [2.24, 2.45) is 0 Å². The highest BCUT2D eigenvalue weighted by Gasteiger charge is 1.97. The zero-order valence-corrected chi connectivity index (χ0v) is 14.8. The molecule has 0 aromatic heterocycles. The SMILES string of the molecule is CNc1ccc(CCCNCCCc2ccc(C)c(C)c2)cc1. The minimum atomic E-state index is 1.10. The van der Waals surface area contributed by atoms with Gasteiger partial charge in [0.2, 0.25) is 0 Å². The molecule has 0 heterocycles. The van der Waals surface area contributed by atoms with E-state index in [2.05, 4.69) is 66.9 Å². The van der Waals surface area contributed by atoms with E-state index in [4.69, 9.17) is 0 Å². The summed E-state index contributed by atoms with van der Waals surface area (Å²) < 4.78 is 0. The highest BCUT2D eigenvalue weighted by Crippen LogP contribution is 2.11. The first-order valence-electron chi connectivity index (χ1n) is 8.72. The fourth-order valence-electron chi connectivity index (χ4n) is 2.76. The predicted molar refractivity (Wildman–Crippen MR) is 101 cm³/mol. The van der Waals surface area contributed by atoms with Gasteiger partial charge in [0.15, 0.2) is 0 Å². The van der Waals surface area contributed by atoms with Crippen LogP contribution in [0.15, 0.2) is 42.5 Å². The Morgan fingerprint density at radius 3 is 1.96 bits per heavy atom. The number of hydrogen-bond acceptors (Lipinski definition) is 2. The maximum atomic E-state index is 3.56. The molecule has 23 heavy (non-hydrogen) atoms. The molecule has 2 heteroatoms. The van der Waals surface area contributed by atoms with Gasteiger partial charge in [0.25, 0.3) is 0 Å². The second-order valence-electron chi connectivity index (χ2n) is 6.32. The molecule has 124 valence electrons. The van der Waals surface area contributed by atoms with Gasteiger partial charge >= 0.3 is 0 Å². The highest BCUT2D eigenvalue weighted by atomic mass is 14.8. The van der Waals surface area contributed by atoms with Crippen molar-refractivity contribution in [2.75, 3.05) is 25.5 Å². The van der Waals surface area contributed by atoms with E-state index in [1.807, 2.05) is 7.05 Å². The van der Waals surface area contributed by atoms with Crippen LogP contribution in [-0.4, -0.2) is 20.1 Å². The van der Waals surface area contributed by atoms with Crippen LogP contribution in [-0.2, 0) is 12.8 Å². The Balaban J connectivity index is 1.56. The number of anilines is 1. The standard InChI is InChI=1S/C21H30N2/c1-17-8-9-20(16-18(17)2)7-5-15-23-14-4-6-19-10-12-21(22-3)13-11-19/h8-13,16,22-23H,4-7,14-15H2,1-3H3. The number of aryl methyl sites for hydroxylation is 4. The third kappa shape index (κ3) is 6.07. The minimum Gasteiger partial charge on any atom is -0.388 e. The number of nitrogens with one attached hydrogen (secondary N) is 2. The summed E-state index contributed by atoms with van der Waals surface area (Å²) in [6.45, 7) is 6.57. The lowest BCUT2D eigenvalue weighted by Crippen LogP contribution is -2.17. The van der Waals surface area contributed by atoms with E-state index in [9.17, 15) is 0 Å². The quantitative estimate of drug-likeness (QED) is 0.666. The molecule has 2 aromatic carbocycles. The van der Waals surface area contributed by atoms with E-state index < -0.39 is 0 Å². The first-order valence-corrected chi connectivity index (χ1v) is 8.72. The van der Waals surface area contributed by atoms with Crippen LogP contribution >= 0.6 is 0 Å². The van der Waals surface area contributed by atoms with Gasteiger partial charge in [0, 0.05) is 12.7 Å². The highest BCUT2D eigenvalue weighted by molar-refractivity contribution is 5.43. The van der Waals surface area contributed by atoms with E-state index in [1.54, 1.807) is 0 Å². The molecule has 0 saturated heterocycles. The lowest BCUT2D eigenvalue weighted by atomic mass is 10.0. The van der Waals surface area contributed by atoms with E-state index in [0.717, 1.165) is 19.5 Å². The number of benzene rings is 2. The zero-order chi connectivity index (χ0) is 16.5. The van der Waals surface area contributed by atoms with Crippen LogP contribution in [0.2, 0.25) is 0 Å². The molecule has 0 amide bonds. The molecule has 0 aliphatic heterocycles. The fourth-order valence-corrected chi connectivity index (χ4v) is 2.76. The van der Waals surface area contributed by atoms with Gasteiger partial charge < -0.3 is 10.6 Å². The Morgan fingerprint density at radius 2 is 1.35 bits per heavy atom. The molecule has 0 fully saturated rings. The summed E-state index contributed by atoms with van der Waals surface area (Å²) in [5, 5.41) is 6.71. The summed E-state index contributed by atoms with van der Waals surface area (Å²) in [4.78, 5) is 0. The summed E-state index contributed by atoms with van der Waals surface area (Å²) in [5.41, 5.74) is 6.84. The maximum absolute atomic E-state index is 3.56. The molecular formula is C21H30N2. The van der Waals surface area contributed by atoms with Crippen molar-refractivity contribution in [1.29, 1.82) is 0 Å². The monoisotopic (exact) mass is 310 g/mol. The van der Waals surface area contributed by atoms with Crippen molar-refractivity contribution in [3.63, 3.8) is 0 Å². The van der Waals surface area contributed by atoms with Crippen molar-refractivity contribution in [1.82, 2.24) is 5.32 Å². The van der Waals surface area contributed by atoms with E-state index in [0.29, 0.717) is 0 Å². The van der Waals surface area contributed by atoms with Crippen LogP contribution in [0.1, 0.15) is 35.1 Å². The molecule has 0 aliphatic rings. The van der Waals surface area contributed by atoms with Crippen molar-refractivity contribution in [2.45, 2.75) is 39.5 Å². The molecule has 0 radical (unpaired) electrons. The third-order valence-corrected chi connectivity index (χ3v) is 4.45. The molecule has 0 spiro atoms. The normalized spacial score (nSPS) is 10.7. The van der Waals surface area contributed by atoms with Gasteiger partial charge in [0.05, 0.1) is 0 Å². The third-order valence-electron chi connectivity index (χ3n) is 4.45. The van der Waals surface area contributed by atoms with Gasteiger partial charge in [-0.25, -0.2) is 0 Å². The Kier molecular flexibility index (Phi) is 7.15. The Bertz CT molecular complexity index is 587. The summed E-state index contributed by atoms with van der Waals surface area (Å²) in [7, 11) is 1.96. The van der Waals surface area contributed by atoms with Gasteiger partial charge in [-0.05, 0) is 87.0 Å². The Labute approximate surface area is 141 Å². The van der Waals surface area contributed by atoms with Crippen molar-refractivity contribution < 1.29 is 0 Å².